The van der Waals surface area contributed by atoms with E-state index in [0.717, 1.165) is 0 Å². The maximum Gasteiger partial charge on any atom is 0.187 e. The molecule has 34 valence electrons. The molecule has 0 nitrogen and oxygen atoms in total. The second-order valence-electron chi connectivity index (χ2n) is 0. The van der Waals surface area contributed by atoms with Crippen molar-refractivity contribution < 1.29 is 60.6 Å². The third-order valence-electron chi connectivity index (χ3n) is 0. The summed E-state index contributed by atoms with van der Waals surface area (Å²) in [7, 11) is 0. The molecule has 0 aromatic heterocycles. The van der Waals surface area contributed by atoms with Crippen LogP contribution in [0.4, 0.5) is 0 Å². The van der Waals surface area contributed by atoms with Crippen molar-refractivity contribution in [2.75, 3.05) is 0 Å². The van der Waals surface area contributed by atoms with Crippen molar-refractivity contribution in [1.29, 1.82) is 0 Å². The molecule has 0 aromatic carbocycles. The molecular formula is H3AlAuBNiTi. The Balaban J connectivity index is 0. The van der Waals surface area contributed by atoms with E-state index >= 15 is 0 Å². The molecule has 0 aliphatic heterocycles. The fourth-order valence-electron chi connectivity index (χ4n) is 0. The van der Waals surface area contributed by atoms with Gasteiger partial charge in [-0.3, -0.25) is 0 Å². The summed E-state index contributed by atoms with van der Waals surface area (Å²) < 4.78 is 0. The van der Waals surface area contributed by atoms with E-state index in [1.165, 1.54) is 0 Å². The predicted octanol–water partition coefficient (Wildman–Crippen LogP) is -1.57. The van der Waals surface area contributed by atoms with E-state index in [2.05, 4.69) is 0 Å². The second-order valence-corrected chi connectivity index (χ2v) is 0. The third kappa shape index (κ3) is 20.9. The molecule has 0 fully saturated rings. The number of rotatable bonds is 0. The summed E-state index contributed by atoms with van der Waals surface area (Å²) >= 11 is 0. The molecule has 4 radical (unpaired) electrons. The molecule has 0 rings (SSSR count). The summed E-state index contributed by atoms with van der Waals surface area (Å²) in [5.41, 5.74) is 0. The van der Waals surface area contributed by atoms with Crippen molar-refractivity contribution in [3.05, 3.63) is 0 Å². The zero-order chi connectivity index (χ0) is 0. The van der Waals surface area contributed by atoms with Gasteiger partial charge in [0.1, 0.15) is 0 Å². The Morgan fingerprint density at radius 1 is 1.00 bits per heavy atom. The van der Waals surface area contributed by atoms with Crippen LogP contribution in [-0.2, 0) is 60.6 Å². The smallest absolute Gasteiger partial charge is 0 e. The standard InChI is InChI=1S/Al.Au.B.Ni.Ti.3H. The van der Waals surface area contributed by atoms with Gasteiger partial charge in [0.15, 0.2) is 17.4 Å². The van der Waals surface area contributed by atoms with Crippen molar-refractivity contribution in [3.63, 3.8) is 0 Å². The van der Waals surface area contributed by atoms with Crippen molar-refractivity contribution in [2.45, 2.75) is 0 Å². The van der Waals surface area contributed by atoms with Gasteiger partial charge in [-0.05, 0) is 0 Å². The Hall–Kier alpha value is 2.55. The van der Waals surface area contributed by atoms with E-state index in [1.54, 1.807) is 0 Å². The van der Waals surface area contributed by atoms with Gasteiger partial charge in [0.05, 0.1) is 0 Å². The van der Waals surface area contributed by atoms with Crippen molar-refractivity contribution in [2.24, 2.45) is 0 Å². The molecule has 0 saturated heterocycles. The fourth-order valence-corrected chi connectivity index (χ4v) is 0. The minimum atomic E-state index is 0. The average Bonchev–Trinajstić information content (AvgIpc) is 0. The molecule has 0 bridgehead atoms. The molecule has 0 aliphatic carbocycles. The molecule has 0 saturated carbocycles. The van der Waals surface area contributed by atoms with Crippen LogP contribution in [-0.4, -0.2) is 25.8 Å². The first kappa shape index (κ1) is 49.9. The number of hydrogen-bond acceptors (Lipinski definition) is 0. The summed E-state index contributed by atoms with van der Waals surface area (Å²) in [6, 6.07) is 0. The predicted molar refractivity (Wildman–Crippen MR) is 15.7 cm³/mol. The Kier molecular flexibility index (Phi) is 310. The van der Waals surface area contributed by atoms with Gasteiger partial charge in [-0.25, -0.2) is 0 Å². The molecule has 5 heteroatoms. The van der Waals surface area contributed by atoms with Crippen molar-refractivity contribution in [3.8, 4) is 0 Å². The Bertz CT molecular complexity index is 11.6. The fraction of sp³-hybridized carbons (Fsp3) is 0. The van der Waals surface area contributed by atoms with Crippen LogP contribution in [0.2, 0.25) is 0 Å². The van der Waals surface area contributed by atoms with E-state index in [9.17, 15) is 0 Å². The van der Waals surface area contributed by atoms with Gasteiger partial charge < -0.3 is 0 Å². The van der Waals surface area contributed by atoms with Crippen LogP contribution in [0.5, 0.6) is 0 Å². The molecule has 0 spiro atoms. The molecule has 0 heterocycles. The number of hydrogen-bond donors (Lipinski definition) is 0. The minimum Gasteiger partial charge on any atom is 0 e. The van der Waals surface area contributed by atoms with Crippen LogP contribution in [0.3, 0.4) is 0 Å². The molecule has 0 atom stereocenters. The van der Waals surface area contributed by atoms with E-state index in [4.69, 9.17) is 0 Å². The Morgan fingerprint density at radius 3 is 1.00 bits per heavy atom. The minimum absolute atomic E-state index is 0. The largest absolute Gasteiger partial charge is 0.187 e. The van der Waals surface area contributed by atoms with E-state index in [-0.39, 0.29) is 86.4 Å². The third-order valence-corrected chi connectivity index (χ3v) is 0. The maximum absolute atomic E-state index is 0. The normalized spacial score (nSPS) is 0. The maximum atomic E-state index is 0. The summed E-state index contributed by atoms with van der Waals surface area (Å²) in [5.74, 6) is 0. The zero-order valence-electron chi connectivity index (χ0n) is 1.70. The first-order valence-electron chi connectivity index (χ1n) is 0. The monoisotopic (exact) mass is 344 g/mol. The molecule has 0 amide bonds. The molecule has 5 heavy (non-hydrogen) atoms. The topological polar surface area (TPSA) is 0 Å². The Morgan fingerprint density at radius 2 is 1.00 bits per heavy atom. The van der Waals surface area contributed by atoms with Gasteiger partial charge in [0.25, 0.3) is 0 Å². The molecule has 0 N–H and O–H groups in total. The van der Waals surface area contributed by atoms with Crippen molar-refractivity contribution in [1.82, 2.24) is 0 Å². The molecule has 0 aliphatic rings. The van der Waals surface area contributed by atoms with Crippen LogP contribution in [0.15, 0.2) is 0 Å². The zero-order valence-corrected chi connectivity index (χ0v) is 6.41. The van der Waals surface area contributed by atoms with Gasteiger partial charge in [-0.2, -0.15) is 0 Å². The molecule has 0 unspecified atom stereocenters. The van der Waals surface area contributed by atoms with Crippen LogP contribution in [0.1, 0.15) is 0 Å². The summed E-state index contributed by atoms with van der Waals surface area (Å²) in [6.45, 7) is 0. The quantitative estimate of drug-likeness (QED) is 0.466. The second kappa shape index (κ2) is 31.1. The molecule has 0 aromatic rings. The van der Waals surface area contributed by atoms with E-state index in [0.29, 0.717) is 0 Å². The van der Waals surface area contributed by atoms with E-state index < -0.39 is 0 Å². The Labute approximate surface area is 85.3 Å². The summed E-state index contributed by atoms with van der Waals surface area (Å²) in [5, 5.41) is 0. The SMILES string of the molecule is [AlH3].[Au].[B].[Ni].[Ti]. The van der Waals surface area contributed by atoms with Gasteiger partial charge in [0.2, 0.25) is 0 Å². The average molecular weight is 344 g/mol. The van der Waals surface area contributed by atoms with Gasteiger partial charge in [-0.15, -0.1) is 0 Å². The first-order valence-corrected chi connectivity index (χ1v) is 0. The van der Waals surface area contributed by atoms with E-state index in [1.807, 2.05) is 0 Å². The van der Waals surface area contributed by atoms with Gasteiger partial charge in [-0.1, -0.05) is 0 Å². The summed E-state index contributed by atoms with van der Waals surface area (Å²) in [4.78, 5) is 0. The van der Waals surface area contributed by atoms with Gasteiger partial charge >= 0.3 is 0 Å². The van der Waals surface area contributed by atoms with Crippen LogP contribution < -0.4 is 0 Å². The first-order chi connectivity index (χ1) is 0. The molecular weight excluding hydrogens is 341 g/mol. The van der Waals surface area contributed by atoms with Crippen LogP contribution in [0, 0.1) is 0 Å². The van der Waals surface area contributed by atoms with Crippen molar-refractivity contribution >= 4 is 25.8 Å². The van der Waals surface area contributed by atoms with Crippen LogP contribution in [0.25, 0.3) is 0 Å². The summed E-state index contributed by atoms with van der Waals surface area (Å²) in [6.07, 6.45) is 0. The van der Waals surface area contributed by atoms with Gasteiger partial charge in [0, 0.05) is 69.0 Å². The van der Waals surface area contributed by atoms with Crippen LogP contribution >= 0.6 is 0 Å².